The van der Waals surface area contributed by atoms with Crippen molar-refractivity contribution < 1.29 is 14.0 Å². The molecule has 0 fully saturated rings. The van der Waals surface area contributed by atoms with Gasteiger partial charge in [0, 0.05) is 22.1 Å². The summed E-state index contributed by atoms with van der Waals surface area (Å²) in [6, 6.07) is 24.9. The summed E-state index contributed by atoms with van der Waals surface area (Å²) in [4.78, 5) is 27.2. The van der Waals surface area contributed by atoms with E-state index in [-0.39, 0.29) is 5.91 Å². The first-order valence-corrected chi connectivity index (χ1v) is 10.5. The number of hydrazone groups is 1. The lowest BCUT2D eigenvalue weighted by molar-refractivity contribution is 0.0953. The largest absolute Gasteiger partial charge is 0.303 e. The monoisotopic (exact) mass is 437 g/mol. The number of hydrogen-bond acceptors (Lipinski definition) is 3. The highest BCUT2D eigenvalue weighted by molar-refractivity contribution is 6.24. The van der Waals surface area contributed by atoms with E-state index >= 15 is 0 Å². The molecule has 1 aliphatic rings. The molecule has 0 saturated heterocycles. The number of amides is 2. The lowest BCUT2D eigenvalue weighted by Gasteiger charge is -2.18. The first-order chi connectivity index (χ1) is 16.0. The summed E-state index contributed by atoms with van der Waals surface area (Å²) in [6.07, 6.45) is 0. The van der Waals surface area contributed by atoms with Crippen molar-refractivity contribution in [1.29, 1.82) is 0 Å². The molecule has 0 spiro atoms. The van der Waals surface area contributed by atoms with Crippen molar-refractivity contribution >= 4 is 34.0 Å². The third kappa shape index (κ3) is 3.76. The molecule has 1 N–H and O–H groups in total. The minimum absolute atomic E-state index is 0.0263. The number of carbonyl (C=O) groups excluding carboxylic acids is 2. The Morgan fingerprint density at radius 3 is 2.42 bits per heavy atom. The standard InChI is InChI=1S/C27H20FN3O2/c1-17(21-8-2-3-10-23(21)28)29-30-26(32)20-14-12-18(13-15-20)16-31-24-11-5-7-19-6-4-9-22(25(19)24)27(31)33/h2-15H,16H2,1H3,(H,30,32). The van der Waals surface area contributed by atoms with Crippen LogP contribution in [-0.2, 0) is 6.54 Å². The van der Waals surface area contributed by atoms with Gasteiger partial charge in [0.15, 0.2) is 0 Å². The molecule has 4 aromatic carbocycles. The van der Waals surface area contributed by atoms with Crippen LogP contribution in [0.1, 0.15) is 38.8 Å². The summed E-state index contributed by atoms with van der Waals surface area (Å²) in [7, 11) is 0. The summed E-state index contributed by atoms with van der Waals surface area (Å²) in [5.74, 6) is -0.820. The van der Waals surface area contributed by atoms with E-state index in [9.17, 15) is 14.0 Å². The Kier molecular flexibility index (Phi) is 5.18. The molecule has 162 valence electrons. The zero-order valence-electron chi connectivity index (χ0n) is 17.9. The van der Waals surface area contributed by atoms with Crippen LogP contribution in [0, 0.1) is 5.82 Å². The van der Waals surface area contributed by atoms with Crippen molar-refractivity contribution in [3.63, 3.8) is 0 Å². The molecule has 5 rings (SSSR count). The topological polar surface area (TPSA) is 61.8 Å². The smallest absolute Gasteiger partial charge is 0.271 e. The van der Waals surface area contributed by atoms with Crippen LogP contribution >= 0.6 is 0 Å². The maximum absolute atomic E-state index is 13.9. The number of anilines is 1. The van der Waals surface area contributed by atoms with Crippen LogP contribution in [0.15, 0.2) is 90.0 Å². The molecule has 4 aromatic rings. The molecule has 1 heterocycles. The molecule has 33 heavy (non-hydrogen) atoms. The van der Waals surface area contributed by atoms with Crippen molar-refractivity contribution in [3.8, 4) is 0 Å². The average molecular weight is 437 g/mol. The summed E-state index contributed by atoms with van der Waals surface area (Å²) >= 11 is 0. The number of rotatable bonds is 5. The molecule has 0 unspecified atom stereocenters. The molecule has 0 bridgehead atoms. The van der Waals surface area contributed by atoms with Gasteiger partial charge in [-0.05, 0) is 48.2 Å². The van der Waals surface area contributed by atoms with E-state index in [1.807, 2.05) is 48.5 Å². The lowest BCUT2D eigenvalue weighted by Crippen LogP contribution is -2.26. The number of hydrogen-bond donors (Lipinski definition) is 1. The third-order valence-corrected chi connectivity index (χ3v) is 5.79. The van der Waals surface area contributed by atoms with Gasteiger partial charge < -0.3 is 4.90 Å². The molecule has 6 heteroatoms. The fourth-order valence-electron chi connectivity index (χ4n) is 4.09. The first kappa shape index (κ1) is 20.6. The lowest BCUT2D eigenvalue weighted by atomic mass is 10.1. The molecular formula is C27H20FN3O2. The van der Waals surface area contributed by atoms with Gasteiger partial charge in [-0.3, -0.25) is 9.59 Å². The van der Waals surface area contributed by atoms with E-state index in [1.54, 1.807) is 42.2 Å². The quantitative estimate of drug-likeness (QED) is 0.341. The summed E-state index contributed by atoms with van der Waals surface area (Å²) < 4.78 is 13.9. The molecule has 0 aromatic heterocycles. The Bertz CT molecular complexity index is 1420. The van der Waals surface area contributed by atoms with E-state index in [2.05, 4.69) is 10.5 Å². The summed E-state index contributed by atoms with van der Waals surface area (Å²) in [5.41, 5.74) is 6.10. The first-order valence-electron chi connectivity index (χ1n) is 10.5. The van der Waals surface area contributed by atoms with Crippen LogP contribution < -0.4 is 10.3 Å². The number of halogens is 1. The second kappa shape index (κ2) is 8.31. The summed E-state index contributed by atoms with van der Waals surface area (Å²) in [6.45, 7) is 2.03. The van der Waals surface area contributed by atoms with Crippen molar-refractivity contribution in [2.75, 3.05) is 4.90 Å². The van der Waals surface area contributed by atoms with E-state index in [0.29, 0.717) is 28.9 Å². The number of nitrogens with zero attached hydrogens (tertiary/aromatic N) is 2. The molecule has 0 radical (unpaired) electrons. The zero-order chi connectivity index (χ0) is 22.9. The van der Waals surface area contributed by atoms with Gasteiger partial charge >= 0.3 is 0 Å². The molecule has 0 saturated carbocycles. The van der Waals surface area contributed by atoms with E-state index in [1.165, 1.54) is 6.07 Å². The van der Waals surface area contributed by atoms with Crippen molar-refractivity contribution in [2.24, 2.45) is 5.10 Å². The van der Waals surface area contributed by atoms with Gasteiger partial charge in [-0.25, -0.2) is 9.82 Å². The Balaban J connectivity index is 1.30. The van der Waals surface area contributed by atoms with Gasteiger partial charge in [0.1, 0.15) is 5.82 Å². The Hall–Kier alpha value is -4.32. The van der Waals surface area contributed by atoms with Crippen molar-refractivity contribution in [2.45, 2.75) is 13.5 Å². The van der Waals surface area contributed by atoms with Gasteiger partial charge in [0.25, 0.3) is 11.8 Å². The van der Waals surface area contributed by atoms with Crippen LogP contribution in [0.5, 0.6) is 0 Å². The van der Waals surface area contributed by atoms with Gasteiger partial charge in [-0.1, -0.05) is 54.6 Å². The van der Waals surface area contributed by atoms with Gasteiger partial charge in [-0.2, -0.15) is 5.10 Å². The highest BCUT2D eigenvalue weighted by Crippen LogP contribution is 2.37. The number of benzene rings is 4. The van der Waals surface area contributed by atoms with Crippen LogP contribution in [0.3, 0.4) is 0 Å². The van der Waals surface area contributed by atoms with Gasteiger partial charge in [0.05, 0.1) is 17.9 Å². The van der Waals surface area contributed by atoms with Crippen LogP contribution in [0.4, 0.5) is 10.1 Å². The Labute approximate surface area is 190 Å². The Morgan fingerprint density at radius 1 is 0.939 bits per heavy atom. The van der Waals surface area contributed by atoms with Crippen molar-refractivity contribution in [1.82, 2.24) is 5.43 Å². The highest BCUT2D eigenvalue weighted by Gasteiger charge is 2.29. The minimum Gasteiger partial charge on any atom is -0.303 e. The highest BCUT2D eigenvalue weighted by atomic mass is 19.1. The molecule has 5 nitrogen and oxygen atoms in total. The predicted molar refractivity (Wildman–Crippen MR) is 127 cm³/mol. The zero-order valence-corrected chi connectivity index (χ0v) is 17.9. The van der Waals surface area contributed by atoms with Crippen LogP contribution in [-0.4, -0.2) is 17.5 Å². The molecule has 0 aliphatic carbocycles. The van der Waals surface area contributed by atoms with E-state index in [0.717, 1.165) is 22.0 Å². The maximum Gasteiger partial charge on any atom is 0.271 e. The molecule has 0 atom stereocenters. The van der Waals surface area contributed by atoms with Crippen molar-refractivity contribution in [3.05, 3.63) is 113 Å². The minimum atomic E-state index is -0.397. The summed E-state index contributed by atoms with van der Waals surface area (Å²) in [5, 5.41) is 6.03. The normalized spacial score (nSPS) is 13.0. The van der Waals surface area contributed by atoms with Gasteiger partial charge in [-0.15, -0.1) is 0 Å². The Morgan fingerprint density at radius 2 is 1.67 bits per heavy atom. The maximum atomic E-state index is 13.9. The fraction of sp³-hybridized carbons (Fsp3) is 0.0741. The van der Waals surface area contributed by atoms with Crippen LogP contribution in [0.25, 0.3) is 10.8 Å². The number of nitrogens with one attached hydrogen (secondary N) is 1. The average Bonchev–Trinajstić information content (AvgIpc) is 3.11. The predicted octanol–water partition coefficient (Wildman–Crippen LogP) is 5.29. The van der Waals surface area contributed by atoms with Gasteiger partial charge in [0.2, 0.25) is 0 Å². The molecular weight excluding hydrogens is 417 g/mol. The SMILES string of the molecule is CC(=NNC(=O)c1ccc(CN2C(=O)c3cccc4cccc2c34)cc1)c1ccccc1F. The molecule has 1 aliphatic heterocycles. The van der Waals surface area contributed by atoms with Crippen LogP contribution in [0.2, 0.25) is 0 Å². The fourth-order valence-corrected chi connectivity index (χ4v) is 4.09. The second-order valence-electron chi connectivity index (χ2n) is 7.89. The molecule has 2 amide bonds. The third-order valence-electron chi connectivity index (χ3n) is 5.79. The van der Waals surface area contributed by atoms with E-state index in [4.69, 9.17) is 0 Å². The number of carbonyl (C=O) groups is 2. The van der Waals surface area contributed by atoms with E-state index < -0.39 is 11.7 Å². The second-order valence-corrected chi connectivity index (χ2v) is 7.89.